The summed E-state index contributed by atoms with van der Waals surface area (Å²) >= 11 is 11.3. The smallest absolute Gasteiger partial charge is 0.199 e. The molecule has 2 aliphatic carbocycles. The Bertz CT molecular complexity index is 896. The van der Waals surface area contributed by atoms with Crippen molar-refractivity contribution in [2.45, 2.75) is 25.4 Å². The lowest BCUT2D eigenvalue weighted by atomic mass is 10.1. The lowest BCUT2D eigenvalue weighted by Crippen LogP contribution is -2.08. The molecular weight excluding hydrogens is 376 g/mol. The molecule has 0 bridgehead atoms. The van der Waals surface area contributed by atoms with Crippen LogP contribution in [0.5, 0.6) is 0 Å². The van der Waals surface area contributed by atoms with Gasteiger partial charge in [0.25, 0.3) is 0 Å². The molecule has 1 atom stereocenters. The van der Waals surface area contributed by atoms with E-state index in [2.05, 4.69) is 0 Å². The number of benzene rings is 2. The zero-order valence-electron chi connectivity index (χ0n) is 12.7. The van der Waals surface area contributed by atoms with E-state index in [0.717, 1.165) is 17.7 Å². The Labute approximate surface area is 151 Å². The molecule has 0 spiro atoms. The molecule has 0 saturated heterocycles. The van der Waals surface area contributed by atoms with E-state index >= 15 is 0 Å². The molecule has 4 rings (SSSR count). The molecule has 2 aromatic rings. The van der Waals surface area contributed by atoms with E-state index in [1.54, 1.807) is 0 Å². The highest BCUT2D eigenvalue weighted by Crippen LogP contribution is 2.31. The summed E-state index contributed by atoms with van der Waals surface area (Å²) in [6, 6.07) is 4.74. The molecule has 0 aromatic heterocycles. The molecule has 25 heavy (non-hydrogen) atoms. The van der Waals surface area contributed by atoms with Crippen LogP contribution in [0.2, 0.25) is 10.0 Å². The van der Waals surface area contributed by atoms with Crippen molar-refractivity contribution in [3.63, 3.8) is 0 Å². The second kappa shape index (κ2) is 6.81. The van der Waals surface area contributed by atoms with Gasteiger partial charge in [0.1, 0.15) is 11.6 Å². The van der Waals surface area contributed by atoms with E-state index in [1.165, 1.54) is 12.1 Å². The van der Waals surface area contributed by atoms with Crippen molar-refractivity contribution < 1.29 is 22.8 Å². The Morgan fingerprint density at radius 3 is 2.04 bits per heavy atom. The minimum Gasteiger partial charge on any atom is -0.294 e. The van der Waals surface area contributed by atoms with Crippen molar-refractivity contribution in [1.29, 1.82) is 0 Å². The first-order valence-corrected chi connectivity index (χ1v) is 8.21. The molecule has 2 aliphatic rings. The molecule has 1 unspecified atom stereocenters. The van der Waals surface area contributed by atoms with Crippen molar-refractivity contribution in [3.05, 3.63) is 68.2 Å². The van der Waals surface area contributed by atoms with Crippen LogP contribution in [-0.4, -0.2) is 17.7 Å². The molecule has 0 heterocycles. The second-order valence-electron chi connectivity index (χ2n) is 5.80. The molecule has 0 amide bonds. The first-order chi connectivity index (χ1) is 11.8. The van der Waals surface area contributed by atoms with Gasteiger partial charge < -0.3 is 0 Å². The van der Waals surface area contributed by atoms with Crippen LogP contribution >= 0.6 is 23.2 Å². The summed E-state index contributed by atoms with van der Waals surface area (Å²) in [7, 11) is 0. The Morgan fingerprint density at radius 2 is 1.40 bits per heavy atom. The summed E-state index contributed by atoms with van der Waals surface area (Å²) in [6.07, 6.45) is -0.551. The third-order valence-corrected chi connectivity index (χ3v) is 4.70. The van der Waals surface area contributed by atoms with Crippen LogP contribution in [0.3, 0.4) is 0 Å². The molecule has 7 heteroatoms. The van der Waals surface area contributed by atoms with Gasteiger partial charge in [0.15, 0.2) is 17.7 Å². The lowest BCUT2D eigenvalue weighted by molar-refractivity contribution is 0.0898. The minimum absolute atomic E-state index is 0.000139. The molecule has 0 radical (unpaired) electrons. The van der Waals surface area contributed by atoms with Gasteiger partial charge in [-0.2, -0.15) is 0 Å². The number of carbonyl (C=O) groups excluding carboxylic acids is 2. The number of hydrogen-bond donors (Lipinski definition) is 0. The van der Waals surface area contributed by atoms with Crippen LogP contribution < -0.4 is 0 Å². The molecule has 0 fully saturated rings. The SMILES string of the molecule is O=C1CCc2cc(F)cc(Cl)c21.O=C1c2c(Cl)cc(F)cc2CC1F. The average Bonchev–Trinajstić information content (AvgIpc) is 3.00. The maximum absolute atomic E-state index is 12.9. The Morgan fingerprint density at radius 1 is 0.840 bits per heavy atom. The van der Waals surface area contributed by atoms with Gasteiger partial charge in [-0.25, -0.2) is 13.2 Å². The largest absolute Gasteiger partial charge is 0.294 e. The summed E-state index contributed by atoms with van der Waals surface area (Å²) in [6.45, 7) is 0. The van der Waals surface area contributed by atoms with Crippen molar-refractivity contribution in [2.75, 3.05) is 0 Å². The van der Waals surface area contributed by atoms with Crippen molar-refractivity contribution in [2.24, 2.45) is 0 Å². The summed E-state index contributed by atoms with van der Waals surface area (Å²) in [4.78, 5) is 22.3. The highest BCUT2D eigenvalue weighted by molar-refractivity contribution is 6.35. The third kappa shape index (κ3) is 3.44. The number of alkyl halides is 1. The van der Waals surface area contributed by atoms with Crippen molar-refractivity contribution >= 4 is 34.8 Å². The first-order valence-electron chi connectivity index (χ1n) is 7.45. The maximum atomic E-state index is 12.9. The fraction of sp³-hybridized carbons (Fsp3) is 0.222. The molecule has 0 N–H and O–H groups in total. The van der Waals surface area contributed by atoms with Gasteiger partial charge in [-0.05, 0) is 41.8 Å². The van der Waals surface area contributed by atoms with E-state index in [4.69, 9.17) is 23.2 Å². The van der Waals surface area contributed by atoms with E-state index < -0.39 is 17.8 Å². The third-order valence-electron chi connectivity index (χ3n) is 4.10. The number of aryl methyl sites for hydroxylation is 1. The van der Waals surface area contributed by atoms with E-state index in [-0.39, 0.29) is 33.6 Å². The van der Waals surface area contributed by atoms with Crippen LogP contribution in [-0.2, 0) is 12.8 Å². The number of hydrogen-bond acceptors (Lipinski definition) is 2. The van der Waals surface area contributed by atoms with Gasteiger partial charge in [-0.1, -0.05) is 23.2 Å². The number of rotatable bonds is 0. The van der Waals surface area contributed by atoms with Crippen LogP contribution in [0.1, 0.15) is 38.3 Å². The number of ketones is 2. The van der Waals surface area contributed by atoms with E-state index in [0.29, 0.717) is 24.0 Å². The standard InChI is InChI=1S/C9H5ClF2O.C9H6ClFO/c10-6-3-5(11)1-4-2-7(12)9(13)8(4)6;10-7-4-6(11)3-5-1-2-8(12)9(5)7/h1,3,7H,2H2;3-4H,1-2H2. The highest BCUT2D eigenvalue weighted by atomic mass is 35.5. The molecule has 130 valence electrons. The maximum Gasteiger partial charge on any atom is 0.199 e. The van der Waals surface area contributed by atoms with Gasteiger partial charge in [0.2, 0.25) is 0 Å². The topological polar surface area (TPSA) is 34.1 Å². The number of carbonyl (C=O) groups is 2. The second-order valence-corrected chi connectivity index (χ2v) is 6.62. The Balaban J connectivity index is 0.000000146. The monoisotopic (exact) mass is 386 g/mol. The summed E-state index contributed by atoms with van der Waals surface area (Å²) < 4.78 is 38.4. The van der Waals surface area contributed by atoms with Gasteiger partial charge in [-0.15, -0.1) is 0 Å². The zero-order chi connectivity index (χ0) is 18.3. The average molecular weight is 387 g/mol. The summed E-state index contributed by atoms with van der Waals surface area (Å²) in [5, 5.41) is 0.243. The van der Waals surface area contributed by atoms with Crippen molar-refractivity contribution in [3.8, 4) is 0 Å². The van der Waals surface area contributed by atoms with Gasteiger partial charge in [-0.3, -0.25) is 9.59 Å². The fourth-order valence-electron chi connectivity index (χ4n) is 3.02. The van der Waals surface area contributed by atoms with E-state index in [9.17, 15) is 22.8 Å². The predicted molar refractivity (Wildman–Crippen MR) is 88.4 cm³/mol. The van der Waals surface area contributed by atoms with Crippen LogP contribution in [0, 0.1) is 11.6 Å². The van der Waals surface area contributed by atoms with Crippen LogP contribution in [0.4, 0.5) is 13.2 Å². The normalized spacial score (nSPS) is 17.9. The summed E-state index contributed by atoms with van der Waals surface area (Å²) in [5.41, 5.74) is 1.75. The highest BCUT2D eigenvalue weighted by Gasteiger charge is 2.32. The molecule has 0 aliphatic heterocycles. The summed E-state index contributed by atoms with van der Waals surface area (Å²) in [5.74, 6) is -1.52. The van der Waals surface area contributed by atoms with Gasteiger partial charge >= 0.3 is 0 Å². The first kappa shape index (κ1) is 18.0. The molecular formula is C18H11Cl2F3O2. The quantitative estimate of drug-likeness (QED) is 0.626. The number of Topliss-reactive ketones (excluding diaryl/α,β-unsaturated/α-hetero) is 2. The van der Waals surface area contributed by atoms with Gasteiger partial charge in [0.05, 0.1) is 10.0 Å². The predicted octanol–water partition coefficient (Wildman–Crippen LogP) is 5.16. The Hall–Kier alpha value is -1.85. The van der Waals surface area contributed by atoms with E-state index in [1.807, 2.05) is 0 Å². The lowest BCUT2D eigenvalue weighted by Gasteiger charge is -1.99. The van der Waals surface area contributed by atoms with Crippen LogP contribution in [0.25, 0.3) is 0 Å². The van der Waals surface area contributed by atoms with Crippen LogP contribution in [0.15, 0.2) is 24.3 Å². The minimum atomic E-state index is -1.56. The van der Waals surface area contributed by atoms with Crippen molar-refractivity contribution in [1.82, 2.24) is 0 Å². The van der Waals surface area contributed by atoms with Gasteiger partial charge in [0, 0.05) is 24.0 Å². The zero-order valence-corrected chi connectivity index (χ0v) is 14.2. The molecule has 2 aromatic carbocycles. The molecule has 0 saturated carbocycles. The number of fused-ring (bicyclic) bond motifs is 2. The molecule has 2 nitrogen and oxygen atoms in total. The number of halogens is 5. The Kier molecular flexibility index (Phi) is 4.89. The fourth-order valence-corrected chi connectivity index (χ4v) is 3.67.